The minimum atomic E-state index is 0.00955. The highest BCUT2D eigenvalue weighted by molar-refractivity contribution is 6.30. The number of nitrogens with zero attached hydrogens (tertiary/aromatic N) is 3. The predicted octanol–water partition coefficient (Wildman–Crippen LogP) is 4.55. The van der Waals surface area contributed by atoms with E-state index in [9.17, 15) is 4.79 Å². The normalized spacial score (nSPS) is 15.4. The van der Waals surface area contributed by atoms with Crippen molar-refractivity contribution in [3.8, 4) is 11.5 Å². The first-order valence-corrected chi connectivity index (χ1v) is 10.1. The van der Waals surface area contributed by atoms with Crippen LogP contribution < -0.4 is 5.32 Å². The Hall–Kier alpha value is -2.70. The van der Waals surface area contributed by atoms with Crippen molar-refractivity contribution < 1.29 is 9.32 Å². The molecule has 6 nitrogen and oxygen atoms in total. The average Bonchev–Trinajstić information content (AvgIpc) is 3.19. The third kappa shape index (κ3) is 5.02. The van der Waals surface area contributed by atoms with Crippen LogP contribution in [0.5, 0.6) is 0 Å². The van der Waals surface area contributed by atoms with E-state index in [0.29, 0.717) is 23.3 Å². The van der Waals surface area contributed by atoms with E-state index in [2.05, 4.69) is 20.4 Å². The highest BCUT2D eigenvalue weighted by Gasteiger charge is 2.26. The van der Waals surface area contributed by atoms with Gasteiger partial charge in [0, 0.05) is 22.2 Å². The Morgan fingerprint density at radius 3 is 2.52 bits per heavy atom. The van der Waals surface area contributed by atoms with Crippen LogP contribution in [0.1, 0.15) is 24.2 Å². The van der Waals surface area contributed by atoms with Crippen LogP contribution in [0, 0.1) is 12.8 Å². The molecule has 0 bridgehead atoms. The molecule has 3 aromatic rings. The van der Waals surface area contributed by atoms with Crippen molar-refractivity contribution >= 4 is 23.2 Å². The maximum atomic E-state index is 12.5. The largest absolute Gasteiger partial charge is 0.334 e. The number of halogens is 1. The van der Waals surface area contributed by atoms with Gasteiger partial charge < -0.3 is 9.84 Å². The summed E-state index contributed by atoms with van der Waals surface area (Å²) in [6, 6.07) is 15.2. The SMILES string of the molecule is Cc1ccc(-c2nc(CN3CCC(C(=O)Nc4ccc(Cl)cc4)CC3)no2)cc1. The lowest BCUT2D eigenvalue weighted by atomic mass is 9.96. The van der Waals surface area contributed by atoms with Crippen molar-refractivity contribution in [1.29, 1.82) is 0 Å². The van der Waals surface area contributed by atoms with E-state index in [1.54, 1.807) is 12.1 Å². The van der Waals surface area contributed by atoms with E-state index in [-0.39, 0.29) is 11.8 Å². The zero-order valence-electron chi connectivity index (χ0n) is 16.3. The van der Waals surface area contributed by atoms with Gasteiger partial charge in [0.15, 0.2) is 5.82 Å². The van der Waals surface area contributed by atoms with Crippen molar-refractivity contribution in [1.82, 2.24) is 15.0 Å². The lowest BCUT2D eigenvalue weighted by Gasteiger charge is -2.30. The first kappa shape index (κ1) is 19.6. The molecule has 4 rings (SSSR count). The standard InChI is InChI=1S/C22H23ClN4O2/c1-15-2-4-17(5-3-15)22-25-20(26-29-22)14-27-12-10-16(11-13-27)21(28)24-19-8-6-18(23)7-9-19/h2-9,16H,10-14H2,1H3,(H,24,28). The quantitative estimate of drug-likeness (QED) is 0.668. The van der Waals surface area contributed by atoms with E-state index < -0.39 is 0 Å². The second-order valence-corrected chi connectivity index (χ2v) is 7.86. The molecule has 0 saturated carbocycles. The topological polar surface area (TPSA) is 71.3 Å². The molecule has 2 heterocycles. The van der Waals surface area contributed by atoms with E-state index in [4.69, 9.17) is 16.1 Å². The summed E-state index contributed by atoms with van der Waals surface area (Å²) >= 11 is 5.89. The van der Waals surface area contributed by atoms with E-state index in [1.165, 1.54) is 5.56 Å². The fourth-order valence-corrected chi connectivity index (χ4v) is 3.59. The van der Waals surface area contributed by atoms with E-state index in [1.807, 2.05) is 43.3 Å². The highest BCUT2D eigenvalue weighted by Crippen LogP contribution is 2.22. The fourth-order valence-electron chi connectivity index (χ4n) is 3.46. The van der Waals surface area contributed by atoms with Gasteiger partial charge in [-0.15, -0.1) is 0 Å². The number of aryl methyl sites for hydroxylation is 1. The first-order valence-electron chi connectivity index (χ1n) is 9.75. The molecular formula is C22H23ClN4O2. The van der Waals surface area contributed by atoms with Crippen molar-refractivity contribution in [2.45, 2.75) is 26.3 Å². The van der Waals surface area contributed by atoms with Crippen molar-refractivity contribution in [2.75, 3.05) is 18.4 Å². The number of hydrogen-bond donors (Lipinski definition) is 1. The van der Waals surface area contributed by atoms with E-state index in [0.717, 1.165) is 37.2 Å². The molecule has 2 aromatic carbocycles. The van der Waals surface area contributed by atoms with Crippen molar-refractivity contribution in [3.05, 3.63) is 64.9 Å². The molecule has 0 unspecified atom stereocenters. The Kier molecular flexibility index (Phi) is 5.92. The van der Waals surface area contributed by atoms with Crippen LogP contribution in [0.3, 0.4) is 0 Å². The molecule has 7 heteroatoms. The molecule has 0 aliphatic carbocycles. The van der Waals surface area contributed by atoms with Gasteiger partial charge in [0.05, 0.1) is 6.54 Å². The summed E-state index contributed by atoms with van der Waals surface area (Å²) in [6.07, 6.45) is 1.62. The maximum Gasteiger partial charge on any atom is 0.257 e. The number of rotatable bonds is 5. The summed E-state index contributed by atoms with van der Waals surface area (Å²) in [5.74, 6) is 1.28. The number of aromatic nitrogens is 2. The Labute approximate surface area is 174 Å². The molecule has 1 aliphatic heterocycles. The predicted molar refractivity (Wildman–Crippen MR) is 113 cm³/mol. The van der Waals surface area contributed by atoms with E-state index >= 15 is 0 Å². The smallest absolute Gasteiger partial charge is 0.257 e. The molecule has 0 radical (unpaired) electrons. The lowest BCUT2D eigenvalue weighted by molar-refractivity contribution is -0.121. The number of nitrogens with one attached hydrogen (secondary N) is 1. The van der Waals surface area contributed by atoms with Crippen molar-refractivity contribution in [2.24, 2.45) is 5.92 Å². The molecule has 1 aliphatic rings. The van der Waals surface area contributed by atoms with Gasteiger partial charge in [-0.3, -0.25) is 9.69 Å². The molecule has 1 amide bonds. The maximum absolute atomic E-state index is 12.5. The molecule has 150 valence electrons. The summed E-state index contributed by atoms with van der Waals surface area (Å²) in [4.78, 5) is 19.3. The monoisotopic (exact) mass is 410 g/mol. The van der Waals surface area contributed by atoms with Gasteiger partial charge in [-0.2, -0.15) is 4.98 Å². The summed E-state index contributed by atoms with van der Waals surface area (Å²) in [5.41, 5.74) is 2.89. The minimum absolute atomic E-state index is 0.00955. The molecule has 1 N–H and O–H groups in total. The van der Waals surface area contributed by atoms with Crippen molar-refractivity contribution in [3.63, 3.8) is 0 Å². The zero-order chi connectivity index (χ0) is 20.2. The number of amides is 1. The van der Waals surface area contributed by atoms with Gasteiger partial charge in [-0.25, -0.2) is 0 Å². The van der Waals surface area contributed by atoms with Crippen LogP contribution in [0.15, 0.2) is 53.1 Å². The Bertz CT molecular complexity index is 961. The number of carbonyl (C=O) groups excluding carboxylic acids is 1. The van der Waals surface area contributed by atoms with Crippen LogP contribution in [0.25, 0.3) is 11.5 Å². The summed E-state index contributed by atoms with van der Waals surface area (Å²) in [5, 5.41) is 7.74. The second kappa shape index (κ2) is 8.76. The minimum Gasteiger partial charge on any atom is -0.334 e. The Morgan fingerprint density at radius 2 is 1.83 bits per heavy atom. The van der Waals surface area contributed by atoms with Gasteiger partial charge in [-0.05, 0) is 69.3 Å². The number of carbonyl (C=O) groups is 1. The van der Waals surface area contributed by atoms with Crippen LogP contribution in [0.4, 0.5) is 5.69 Å². The average molecular weight is 411 g/mol. The molecule has 1 fully saturated rings. The number of likely N-dealkylation sites (tertiary alicyclic amines) is 1. The highest BCUT2D eigenvalue weighted by atomic mass is 35.5. The molecule has 0 atom stereocenters. The Balaban J connectivity index is 1.28. The molecule has 29 heavy (non-hydrogen) atoms. The lowest BCUT2D eigenvalue weighted by Crippen LogP contribution is -2.38. The number of anilines is 1. The number of hydrogen-bond acceptors (Lipinski definition) is 5. The van der Waals surface area contributed by atoms with Gasteiger partial charge in [0.25, 0.3) is 5.89 Å². The van der Waals surface area contributed by atoms with Crippen LogP contribution in [-0.2, 0) is 11.3 Å². The Morgan fingerprint density at radius 1 is 1.14 bits per heavy atom. The summed E-state index contributed by atoms with van der Waals surface area (Å²) in [7, 11) is 0. The third-order valence-electron chi connectivity index (χ3n) is 5.20. The van der Waals surface area contributed by atoms with Gasteiger partial charge in [0.2, 0.25) is 5.91 Å². The number of piperidine rings is 1. The number of benzene rings is 2. The van der Waals surface area contributed by atoms with Gasteiger partial charge in [0.1, 0.15) is 0 Å². The first-order chi connectivity index (χ1) is 14.1. The molecule has 0 spiro atoms. The van der Waals surface area contributed by atoms with Gasteiger partial charge in [-0.1, -0.05) is 34.5 Å². The summed E-state index contributed by atoms with van der Waals surface area (Å²) in [6.45, 7) is 4.32. The molecule has 1 aromatic heterocycles. The third-order valence-corrected chi connectivity index (χ3v) is 5.45. The zero-order valence-corrected chi connectivity index (χ0v) is 17.0. The second-order valence-electron chi connectivity index (χ2n) is 7.43. The molecular weight excluding hydrogens is 388 g/mol. The molecule has 1 saturated heterocycles. The fraction of sp³-hybridized carbons (Fsp3) is 0.318. The summed E-state index contributed by atoms with van der Waals surface area (Å²) < 4.78 is 5.40. The van der Waals surface area contributed by atoms with Gasteiger partial charge >= 0.3 is 0 Å². The van der Waals surface area contributed by atoms with Crippen LogP contribution >= 0.6 is 11.6 Å². The van der Waals surface area contributed by atoms with Crippen LogP contribution in [-0.4, -0.2) is 34.0 Å². The van der Waals surface area contributed by atoms with Crippen LogP contribution in [0.2, 0.25) is 5.02 Å².